The van der Waals surface area contributed by atoms with Crippen molar-refractivity contribution >= 4 is 48.2 Å². The third-order valence-electron chi connectivity index (χ3n) is 4.97. The number of ether oxygens (including phenoxy) is 1. The van der Waals surface area contributed by atoms with Crippen LogP contribution in [0.5, 0.6) is 0 Å². The summed E-state index contributed by atoms with van der Waals surface area (Å²) in [5, 5.41) is 6.40. The fourth-order valence-corrected chi connectivity index (χ4v) is 3.28. The number of anilines is 3. The first-order valence-corrected chi connectivity index (χ1v) is 10.0. The smallest absolute Gasteiger partial charge is 0.257 e. The van der Waals surface area contributed by atoms with Gasteiger partial charge in [0.2, 0.25) is 0 Å². The van der Waals surface area contributed by atoms with Crippen LogP contribution in [0.25, 0.3) is 0 Å². The highest BCUT2D eigenvalue weighted by Crippen LogP contribution is 2.25. The molecule has 4 rings (SSSR count). The van der Waals surface area contributed by atoms with Crippen LogP contribution in [0.2, 0.25) is 0 Å². The minimum atomic E-state index is -0.299. The standard InChI is InChI=1S/C22H23FN6O2.2ClH/c1-15(16-2-4-17(23)5-3-16)26-21-18(22(30)29-10-12-31-13-11-29)6-7-19(28-21)27-20-14-24-8-9-25-20;;/h2-9,14-15H,10-13H2,1H3,(H2,25,26,27,28);2*1H/t15-;;/m0../s1. The number of halogens is 3. The number of aromatic nitrogens is 3. The molecule has 2 aromatic heterocycles. The number of hydrogen-bond donors (Lipinski definition) is 2. The Kier molecular flexibility index (Phi) is 9.77. The fourth-order valence-electron chi connectivity index (χ4n) is 3.28. The van der Waals surface area contributed by atoms with E-state index in [1.807, 2.05) is 6.92 Å². The second kappa shape index (κ2) is 12.3. The first-order valence-electron chi connectivity index (χ1n) is 10.0. The lowest BCUT2D eigenvalue weighted by Gasteiger charge is -2.28. The molecule has 1 fully saturated rings. The topological polar surface area (TPSA) is 92.3 Å². The number of rotatable bonds is 6. The van der Waals surface area contributed by atoms with Gasteiger partial charge in [0.15, 0.2) is 0 Å². The largest absolute Gasteiger partial charge is 0.378 e. The number of benzene rings is 1. The molecule has 1 atom stereocenters. The monoisotopic (exact) mass is 494 g/mol. The molecule has 8 nitrogen and oxygen atoms in total. The van der Waals surface area contributed by atoms with E-state index in [4.69, 9.17) is 4.74 Å². The van der Waals surface area contributed by atoms with E-state index in [9.17, 15) is 9.18 Å². The third-order valence-corrected chi connectivity index (χ3v) is 4.97. The number of nitrogens with one attached hydrogen (secondary N) is 2. The van der Waals surface area contributed by atoms with Crippen LogP contribution in [-0.2, 0) is 4.74 Å². The predicted molar refractivity (Wildman–Crippen MR) is 129 cm³/mol. The van der Waals surface area contributed by atoms with E-state index >= 15 is 0 Å². The summed E-state index contributed by atoms with van der Waals surface area (Å²) < 4.78 is 18.7. The van der Waals surface area contributed by atoms with E-state index in [0.717, 1.165) is 5.56 Å². The molecular formula is C22H25Cl2FN6O2. The Morgan fingerprint density at radius 3 is 2.45 bits per heavy atom. The molecule has 0 aliphatic carbocycles. The van der Waals surface area contributed by atoms with Crippen molar-refractivity contribution in [2.45, 2.75) is 13.0 Å². The number of pyridine rings is 1. The average molecular weight is 495 g/mol. The second-order valence-electron chi connectivity index (χ2n) is 7.13. The predicted octanol–water partition coefficient (Wildman–Crippen LogP) is 4.24. The molecule has 1 aliphatic rings. The van der Waals surface area contributed by atoms with Crippen molar-refractivity contribution in [1.29, 1.82) is 0 Å². The molecule has 1 amide bonds. The van der Waals surface area contributed by atoms with Crippen LogP contribution < -0.4 is 10.6 Å². The second-order valence-corrected chi connectivity index (χ2v) is 7.13. The van der Waals surface area contributed by atoms with E-state index in [1.54, 1.807) is 47.8 Å². The summed E-state index contributed by atoms with van der Waals surface area (Å²) >= 11 is 0. The minimum Gasteiger partial charge on any atom is -0.378 e. The first-order chi connectivity index (χ1) is 15.1. The van der Waals surface area contributed by atoms with Gasteiger partial charge in [-0.3, -0.25) is 9.78 Å². The quantitative estimate of drug-likeness (QED) is 0.529. The molecule has 2 N–H and O–H groups in total. The van der Waals surface area contributed by atoms with Gasteiger partial charge in [-0.25, -0.2) is 14.4 Å². The summed E-state index contributed by atoms with van der Waals surface area (Å²) in [7, 11) is 0. The van der Waals surface area contributed by atoms with Crippen molar-refractivity contribution in [2.24, 2.45) is 0 Å². The van der Waals surface area contributed by atoms with Crippen LogP contribution in [-0.4, -0.2) is 52.1 Å². The zero-order chi connectivity index (χ0) is 21.6. The van der Waals surface area contributed by atoms with Gasteiger partial charge in [0.25, 0.3) is 5.91 Å². The van der Waals surface area contributed by atoms with Gasteiger partial charge < -0.3 is 20.3 Å². The molecule has 0 spiro atoms. The molecule has 3 heterocycles. The average Bonchev–Trinajstić information content (AvgIpc) is 2.80. The summed E-state index contributed by atoms with van der Waals surface area (Å²) in [4.78, 5) is 27.8. The highest BCUT2D eigenvalue weighted by molar-refractivity contribution is 5.99. The number of nitrogens with zero attached hydrogens (tertiary/aromatic N) is 4. The van der Waals surface area contributed by atoms with Crippen LogP contribution in [0.1, 0.15) is 28.9 Å². The Balaban J connectivity index is 0.00000193. The summed E-state index contributed by atoms with van der Waals surface area (Å²) in [6, 6.07) is 9.51. The maximum Gasteiger partial charge on any atom is 0.257 e. The summed E-state index contributed by atoms with van der Waals surface area (Å²) in [5.41, 5.74) is 1.33. The molecule has 0 radical (unpaired) electrons. The van der Waals surface area contributed by atoms with Gasteiger partial charge in [0.05, 0.1) is 25.0 Å². The zero-order valence-electron chi connectivity index (χ0n) is 17.9. The van der Waals surface area contributed by atoms with Gasteiger partial charge in [0.1, 0.15) is 23.3 Å². The molecule has 3 aromatic rings. The lowest BCUT2D eigenvalue weighted by molar-refractivity contribution is 0.0303. The van der Waals surface area contributed by atoms with Gasteiger partial charge in [-0.15, -0.1) is 24.8 Å². The molecule has 0 unspecified atom stereocenters. The van der Waals surface area contributed by atoms with Crippen molar-refractivity contribution in [1.82, 2.24) is 19.9 Å². The van der Waals surface area contributed by atoms with Crippen LogP contribution >= 0.6 is 24.8 Å². The lowest BCUT2D eigenvalue weighted by Crippen LogP contribution is -2.41. The Bertz CT molecular complexity index is 1040. The molecule has 1 aromatic carbocycles. The number of amides is 1. The van der Waals surface area contributed by atoms with Gasteiger partial charge in [-0.1, -0.05) is 12.1 Å². The zero-order valence-corrected chi connectivity index (χ0v) is 19.5. The molecule has 0 bridgehead atoms. The van der Waals surface area contributed by atoms with Crippen molar-refractivity contribution in [3.63, 3.8) is 0 Å². The molecule has 1 saturated heterocycles. The SMILES string of the molecule is C[C@H](Nc1nc(Nc2cnccn2)ccc1C(=O)N1CCOCC1)c1ccc(F)cc1.Cl.Cl. The van der Waals surface area contributed by atoms with Crippen molar-refractivity contribution < 1.29 is 13.9 Å². The van der Waals surface area contributed by atoms with Gasteiger partial charge >= 0.3 is 0 Å². The number of morpholine rings is 1. The van der Waals surface area contributed by atoms with Gasteiger partial charge in [-0.2, -0.15) is 0 Å². The van der Waals surface area contributed by atoms with Gasteiger partial charge in [0, 0.05) is 31.5 Å². The maximum atomic E-state index is 13.3. The number of hydrogen-bond acceptors (Lipinski definition) is 7. The van der Waals surface area contributed by atoms with Crippen LogP contribution in [0.4, 0.5) is 21.8 Å². The van der Waals surface area contributed by atoms with Crippen molar-refractivity contribution in [3.8, 4) is 0 Å². The normalized spacial score (nSPS) is 13.8. The summed E-state index contributed by atoms with van der Waals surface area (Å²) in [6.07, 6.45) is 4.75. The Morgan fingerprint density at radius 2 is 1.79 bits per heavy atom. The number of carbonyl (C=O) groups is 1. The highest BCUT2D eigenvalue weighted by atomic mass is 35.5. The third kappa shape index (κ3) is 6.74. The highest BCUT2D eigenvalue weighted by Gasteiger charge is 2.23. The van der Waals surface area contributed by atoms with Crippen molar-refractivity contribution in [2.75, 3.05) is 36.9 Å². The van der Waals surface area contributed by atoms with Crippen LogP contribution in [0.15, 0.2) is 55.0 Å². The Labute approximate surface area is 203 Å². The Hall–Kier alpha value is -3.01. The van der Waals surface area contributed by atoms with Gasteiger partial charge in [-0.05, 0) is 36.8 Å². The van der Waals surface area contributed by atoms with Crippen LogP contribution in [0.3, 0.4) is 0 Å². The van der Waals surface area contributed by atoms with Crippen LogP contribution in [0, 0.1) is 5.82 Å². The van der Waals surface area contributed by atoms with E-state index in [0.29, 0.717) is 49.3 Å². The summed E-state index contributed by atoms with van der Waals surface area (Å²) in [6.45, 7) is 4.03. The van der Waals surface area contributed by atoms with E-state index in [1.165, 1.54) is 12.1 Å². The molecule has 0 saturated carbocycles. The molecule has 1 aliphatic heterocycles. The van der Waals surface area contributed by atoms with E-state index in [-0.39, 0.29) is 42.6 Å². The molecule has 176 valence electrons. The summed E-state index contributed by atoms with van der Waals surface area (Å²) in [5.74, 6) is 1.08. The fraction of sp³-hybridized carbons (Fsp3) is 0.273. The maximum absolute atomic E-state index is 13.3. The number of carbonyl (C=O) groups excluding carboxylic acids is 1. The Morgan fingerprint density at radius 1 is 1.06 bits per heavy atom. The van der Waals surface area contributed by atoms with E-state index < -0.39 is 0 Å². The minimum absolute atomic E-state index is 0. The molecule has 11 heteroatoms. The van der Waals surface area contributed by atoms with Crippen molar-refractivity contribution in [3.05, 3.63) is 71.9 Å². The molecular weight excluding hydrogens is 470 g/mol. The lowest BCUT2D eigenvalue weighted by atomic mass is 10.1. The molecule has 33 heavy (non-hydrogen) atoms. The van der Waals surface area contributed by atoms with E-state index in [2.05, 4.69) is 25.6 Å². The first kappa shape index (κ1) is 26.2.